The molecular weight excluding hydrogens is 264 g/mol. The lowest BCUT2D eigenvalue weighted by Crippen LogP contribution is -2.22. The summed E-state index contributed by atoms with van der Waals surface area (Å²) in [6, 6.07) is 8.65. The van der Waals surface area contributed by atoms with Crippen molar-refractivity contribution in [3.05, 3.63) is 52.4 Å². The SMILES string of the molecule is CC(C)c1cc(CNC(=O)c2cccc(Cl)c2)on1. The van der Waals surface area contributed by atoms with Crippen molar-refractivity contribution in [1.82, 2.24) is 10.5 Å². The van der Waals surface area contributed by atoms with Crippen LogP contribution in [0.1, 0.15) is 41.6 Å². The molecule has 0 unspecified atom stereocenters. The number of benzene rings is 1. The Morgan fingerprint density at radius 1 is 1.42 bits per heavy atom. The van der Waals surface area contributed by atoms with Crippen LogP contribution in [0.2, 0.25) is 5.02 Å². The number of rotatable bonds is 4. The minimum atomic E-state index is -0.190. The predicted octanol–water partition coefficient (Wildman–Crippen LogP) is 3.38. The molecule has 0 fully saturated rings. The topological polar surface area (TPSA) is 55.1 Å². The minimum absolute atomic E-state index is 0.190. The zero-order valence-electron chi connectivity index (χ0n) is 10.8. The summed E-state index contributed by atoms with van der Waals surface area (Å²) in [5, 5.41) is 7.23. The average molecular weight is 279 g/mol. The van der Waals surface area contributed by atoms with Gasteiger partial charge in [-0.2, -0.15) is 0 Å². The molecule has 5 heteroatoms. The monoisotopic (exact) mass is 278 g/mol. The summed E-state index contributed by atoms with van der Waals surface area (Å²) in [7, 11) is 0. The third kappa shape index (κ3) is 3.58. The lowest BCUT2D eigenvalue weighted by atomic mass is 10.1. The average Bonchev–Trinajstić information content (AvgIpc) is 2.85. The van der Waals surface area contributed by atoms with Crippen molar-refractivity contribution in [2.75, 3.05) is 0 Å². The molecule has 1 aromatic carbocycles. The van der Waals surface area contributed by atoms with Crippen molar-refractivity contribution in [3.63, 3.8) is 0 Å². The van der Waals surface area contributed by atoms with Crippen LogP contribution in [0.3, 0.4) is 0 Å². The maximum atomic E-state index is 11.9. The van der Waals surface area contributed by atoms with E-state index in [4.69, 9.17) is 16.1 Å². The van der Waals surface area contributed by atoms with Crippen LogP contribution < -0.4 is 5.32 Å². The fourth-order valence-corrected chi connectivity index (χ4v) is 1.77. The molecule has 0 aliphatic heterocycles. The summed E-state index contributed by atoms with van der Waals surface area (Å²) in [5.41, 5.74) is 1.41. The first-order chi connectivity index (χ1) is 9.06. The van der Waals surface area contributed by atoms with Crippen molar-refractivity contribution in [3.8, 4) is 0 Å². The molecule has 4 nitrogen and oxygen atoms in total. The standard InChI is InChI=1S/C14H15ClN2O2/c1-9(2)13-7-12(19-17-13)8-16-14(18)10-4-3-5-11(15)6-10/h3-7,9H,8H2,1-2H3,(H,16,18). The molecule has 100 valence electrons. The van der Waals surface area contributed by atoms with Crippen molar-refractivity contribution >= 4 is 17.5 Å². The van der Waals surface area contributed by atoms with Gasteiger partial charge in [-0.05, 0) is 24.1 Å². The lowest BCUT2D eigenvalue weighted by molar-refractivity contribution is 0.0947. The van der Waals surface area contributed by atoms with E-state index in [9.17, 15) is 4.79 Å². The molecule has 0 atom stereocenters. The molecule has 1 aromatic heterocycles. The Labute approximate surface area is 116 Å². The highest BCUT2D eigenvalue weighted by molar-refractivity contribution is 6.30. The first kappa shape index (κ1) is 13.6. The maximum absolute atomic E-state index is 11.9. The highest BCUT2D eigenvalue weighted by Gasteiger charge is 2.10. The molecule has 1 amide bonds. The normalized spacial score (nSPS) is 10.7. The van der Waals surface area contributed by atoms with Crippen LogP contribution in [0.5, 0.6) is 0 Å². The molecule has 2 aromatic rings. The molecule has 0 saturated carbocycles. The number of carbonyl (C=O) groups is 1. The van der Waals surface area contributed by atoms with E-state index in [0.717, 1.165) is 5.69 Å². The summed E-state index contributed by atoms with van der Waals surface area (Å²) in [6.45, 7) is 4.38. The number of nitrogens with one attached hydrogen (secondary N) is 1. The third-order valence-corrected chi connectivity index (χ3v) is 2.91. The van der Waals surface area contributed by atoms with Gasteiger partial charge in [0, 0.05) is 16.7 Å². The van der Waals surface area contributed by atoms with Crippen molar-refractivity contribution in [1.29, 1.82) is 0 Å². The first-order valence-electron chi connectivity index (χ1n) is 6.05. The van der Waals surface area contributed by atoms with Gasteiger partial charge in [-0.3, -0.25) is 4.79 Å². The van der Waals surface area contributed by atoms with Gasteiger partial charge in [0.05, 0.1) is 12.2 Å². The first-order valence-corrected chi connectivity index (χ1v) is 6.43. The van der Waals surface area contributed by atoms with Crippen LogP contribution in [0.4, 0.5) is 0 Å². The van der Waals surface area contributed by atoms with E-state index in [-0.39, 0.29) is 5.91 Å². The Morgan fingerprint density at radius 3 is 2.84 bits per heavy atom. The number of aromatic nitrogens is 1. The number of halogens is 1. The van der Waals surface area contributed by atoms with Crippen LogP contribution in [-0.2, 0) is 6.54 Å². The number of amides is 1. The van der Waals surface area contributed by atoms with E-state index in [2.05, 4.69) is 10.5 Å². The van der Waals surface area contributed by atoms with Crippen molar-refractivity contribution < 1.29 is 9.32 Å². The summed E-state index contributed by atoms with van der Waals surface area (Å²) in [4.78, 5) is 11.9. The van der Waals surface area contributed by atoms with Gasteiger partial charge in [-0.15, -0.1) is 0 Å². The van der Waals surface area contributed by atoms with Gasteiger partial charge in [0.15, 0.2) is 5.76 Å². The van der Waals surface area contributed by atoms with Gasteiger partial charge >= 0.3 is 0 Å². The number of hydrogen-bond acceptors (Lipinski definition) is 3. The Morgan fingerprint density at radius 2 is 2.21 bits per heavy atom. The Balaban J connectivity index is 1.96. The highest BCUT2D eigenvalue weighted by Crippen LogP contribution is 2.14. The van der Waals surface area contributed by atoms with Crippen LogP contribution in [0.15, 0.2) is 34.9 Å². The molecule has 0 radical (unpaired) electrons. The fourth-order valence-electron chi connectivity index (χ4n) is 1.58. The van der Waals surface area contributed by atoms with E-state index in [1.54, 1.807) is 24.3 Å². The zero-order valence-corrected chi connectivity index (χ0v) is 11.6. The molecule has 19 heavy (non-hydrogen) atoms. The Hall–Kier alpha value is -1.81. The maximum Gasteiger partial charge on any atom is 0.251 e. The molecule has 0 bridgehead atoms. The van der Waals surface area contributed by atoms with Gasteiger partial charge in [-0.25, -0.2) is 0 Å². The second kappa shape index (κ2) is 5.89. The third-order valence-electron chi connectivity index (χ3n) is 2.68. The minimum Gasteiger partial charge on any atom is -0.359 e. The summed E-state index contributed by atoms with van der Waals surface area (Å²) in [5.74, 6) is 0.755. The highest BCUT2D eigenvalue weighted by atomic mass is 35.5. The summed E-state index contributed by atoms with van der Waals surface area (Å²) >= 11 is 5.84. The molecule has 0 aliphatic rings. The Bertz CT molecular complexity index is 578. The van der Waals surface area contributed by atoms with E-state index in [1.807, 2.05) is 19.9 Å². The van der Waals surface area contributed by atoms with Crippen molar-refractivity contribution in [2.24, 2.45) is 0 Å². The second-order valence-electron chi connectivity index (χ2n) is 4.57. The number of hydrogen-bond donors (Lipinski definition) is 1. The van der Waals surface area contributed by atoms with Crippen molar-refractivity contribution in [2.45, 2.75) is 26.3 Å². The smallest absolute Gasteiger partial charge is 0.251 e. The summed E-state index contributed by atoms with van der Waals surface area (Å²) in [6.07, 6.45) is 0. The molecule has 1 heterocycles. The number of nitrogens with zero attached hydrogens (tertiary/aromatic N) is 1. The molecular formula is C14H15ClN2O2. The fraction of sp³-hybridized carbons (Fsp3) is 0.286. The van der Waals surface area contributed by atoms with Gasteiger partial charge in [0.1, 0.15) is 0 Å². The van der Waals surface area contributed by atoms with E-state index >= 15 is 0 Å². The zero-order chi connectivity index (χ0) is 13.8. The van der Waals surface area contributed by atoms with E-state index < -0.39 is 0 Å². The van der Waals surface area contributed by atoms with E-state index in [1.165, 1.54) is 0 Å². The van der Waals surface area contributed by atoms with Gasteiger partial charge in [0.25, 0.3) is 5.91 Å². The second-order valence-corrected chi connectivity index (χ2v) is 5.00. The Kier molecular flexibility index (Phi) is 4.22. The van der Waals surface area contributed by atoms with Crippen LogP contribution in [-0.4, -0.2) is 11.1 Å². The molecule has 1 N–H and O–H groups in total. The lowest BCUT2D eigenvalue weighted by Gasteiger charge is -2.02. The van der Waals surface area contributed by atoms with Crippen LogP contribution >= 0.6 is 11.6 Å². The number of carbonyl (C=O) groups excluding carboxylic acids is 1. The molecule has 0 aliphatic carbocycles. The van der Waals surface area contributed by atoms with Gasteiger partial charge in [-0.1, -0.05) is 36.7 Å². The quantitative estimate of drug-likeness (QED) is 0.933. The largest absolute Gasteiger partial charge is 0.359 e. The molecule has 0 spiro atoms. The predicted molar refractivity (Wildman–Crippen MR) is 73.2 cm³/mol. The van der Waals surface area contributed by atoms with Gasteiger partial charge in [0.2, 0.25) is 0 Å². The van der Waals surface area contributed by atoms with Crippen LogP contribution in [0, 0.1) is 0 Å². The van der Waals surface area contributed by atoms with Gasteiger partial charge < -0.3 is 9.84 Å². The van der Waals surface area contributed by atoms with Crippen LogP contribution in [0.25, 0.3) is 0 Å². The van der Waals surface area contributed by atoms with E-state index in [0.29, 0.717) is 28.8 Å². The molecule has 2 rings (SSSR count). The molecule has 0 saturated heterocycles. The summed E-state index contributed by atoms with van der Waals surface area (Å²) < 4.78 is 5.15.